The number of piperazine rings is 1. The molecule has 1 amide bonds. The van der Waals surface area contributed by atoms with E-state index >= 15 is 0 Å². The lowest BCUT2D eigenvalue weighted by atomic mass is 10.1. The van der Waals surface area contributed by atoms with Gasteiger partial charge in [0.1, 0.15) is 23.9 Å². The average molecular weight is 348 g/mol. The minimum absolute atomic E-state index is 0.0148. The Labute approximate surface area is 153 Å². The molecule has 0 atom stereocenters. The molecule has 0 saturated carbocycles. The Morgan fingerprint density at radius 1 is 1.00 bits per heavy atom. The zero-order valence-corrected chi connectivity index (χ0v) is 14.9. The first kappa shape index (κ1) is 18.8. The van der Waals surface area contributed by atoms with Crippen LogP contribution >= 0.6 is 0 Å². The van der Waals surface area contributed by atoms with E-state index in [0.717, 1.165) is 18.8 Å². The second-order valence-corrected chi connectivity index (χ2v) is 6.22. The Bertz CT molecular complexity index is 796. The average Bonchev–Trinajstić information content (AvgIpc) is 2.68. The zero-order chi connectivity index (χ0) is 19.1. The van der Waals surface area contributed by atoms with E-state index in [1.54, 1.807) is 24.3 Å². The molecule has 0 aromatic heterocycles. The number of carbonyl (C=O) groups is 1. The van der Waals surface area contributed by atoms with E-state index in [0.29, 0.717) is 18.8 Å². The van der Waals surface area contributed by atoms with Crippen molar-refractivity contribution in [1.82, 2.24) is 4.90 Å². The summed E-state index contributed by atoms with van der Waals surface area (Å²) in [6.45, 7) is 6.75. The molecule has 132 valence electrons. The lowest BCUT2D eigenvalue weighted by Crippen LogP contribution is -2.49. The summed E-state index contributed by atoms with van der Waals surface area (Å²) in [6.07, 6.45) is 0. The molecule has 0 bridgehead atoms. The molecule has 1 saturated heterocycles. The van der Waals surface area contributed by atoms with Crippen molar-refractivity contribution in [3.8, 4) is 18.2 Å². The van der Waals surface area contributed by atoms with Crippen LogP contribution in [0.15, 0.2) is 35.5 Å². The van der Waals surface area contributed by atoms with Gasteiger partial charge in [-0.15, -0.1) is 0 Å². The van der Waals surface area contributed by atoms with E-state index in [4.69, 9.17) is 15.8 Å². The van der Waals surface area contributed by atoms with Crippen molar-refractivity contribution < 1.29 is 4.79 Å². The van der Waals surface area contributed by atoms with Crippen molar-refractivity contribution in [2.45, 2.75) is 13.8 Å². The molecule has 1 N–H and O–H groups in total. The molecule has 1 aliphatic rings. The van der Waals surface area contributed by atoms with Crippen LogP contribution in [0.2, 0.25) is 0 Å². The molecule has 7 heteroatoms. The maximum absolute atomic E-state index is 12.0. The van der Waals surface area contributed by atoms with Crippen LogP contribution in [-0.4, -0.2) is 37.0 Å². The summed E-state index contributed by atoms with van der Waals surface area (Å²) in [7, 11) is 0. The van der Waals surface area contributed by atoms with Gasteiger partial charge in [0.25, 0.3) is 0 Å². The largest absolute Gasteiger partial charge is 0.368 e. The van der Waals surface area contributed by atoms with E-state index in [9.17, 15) is 4.79 Å². The predicted octanol–water partition coefficient (Wildman–Crippen LogP) is 2.23. The highest BCUT2D eigenvalue weighted by molar-refractivity contribution is 5.78. The minimum Gasteiger partial charge on any atom is -0.368 e. The number of rotatable bonds is 4. The minimum atomic E-state index is -0.248. The third kappa shape index (κ3) is 4.32. The summed E-state index contributed by atoms with van der Waals surface area (Å²) in [5.74, 6) is 0.201. The highest BCUT2D eigenvalue weighted by Gasteiger charge is 2.22. The Kier molecular flexibility index (Phi) is 6.20. The van der Waals surface area contributed by atoms with Gasteiger partial charge in [-0.2, -0.15) is 15.8 Å². The van der Waals surface area contributed by atoms with Crippen molar-refractivity contribution in [3.05, 3.63) is 35.5 Å². The summed E-state index contributed by atoms with van der Waals surface area (Å²) in [4.78, 5) is 16.1. The van der Waals surface area contributed by atoms with Gasteiger partial charge >= 0.3 is 0 Å². The second kappa shape index (κ2) is 8.55. The summed E-state index contributed by atoms with van der Waals surface area (Å²) >= 11 is 0. The second-order valence-electron chi connectivity index (χ2n) is 6.22. The third-order valence-corrected chi connectivity index (χ3v) is 4.17. The number of hydrogen-bond donors (Lipinski definition) is 1. The monoisotopic (exact) mass is 348 g/mol. The number of benzene rings is 1. The number of allylic oxidation sites excluding steroid dienone is 2. The van der Waals surface area contributed by atoms with Crippen molar-refractivity contribution >= 4 is 17.3 Å². The Hall–Kier alpha value is -3.50. The van der Waals surface area contributed by atoms with Gasteiger partial charge in [0.2, 0.25) is 5.91 Å². The molecular weight excluding hydrogens is 328 g/mol. The number of nitrogens with one attached hydrogen (secondary N) is 1. The molecule has 7 nitrogen and oxygen atoms in total. The van der Waals surface area contributed by atoms with Crippen LogP contribution in [0.4, 0.5) is 11.4 Å². The molecule has 1 aromatic rings. The first-order valence-electron chi connectivity index (χ1n) is 8.35. The van der Waals surface area contributed by atoms with E-state index in [-0.39, 0.29) is 23.1 Å². The van der Waals surface area contributed by atoms with Gasteiger partial charge in [-0.25, -0.2) is 0 Å². The highest BCUT2D eigenvalue weighted by atomic mass is 16.2. The molecular formula is C19H20N6O. The summed E-state index contributed by atoms with van der Waals surface area (Å²) in [6, 6.07) is 12.6. The lowest BCUT2D eigenvalue weighted by molar-refractivity contribution is -0.134. The maximum atomic E-state index is 12.0. The van der Waals surface area contributed by atoms with Gasteiger partial charge in [-0.3, -0.25) is 4.79 Å². The van der Waals surface area contributed by atoms with Crippen LogP contribution in [0.1, 0.15) is 13.8 Å². The molecule has 1 aromatic carbocycles. The van der Waals surface area contributed by atoms with E-state index in [1.807, 2.05) is 36.9 Å². The SMILES string of the molecule is CC(C)C(=O)N1CCN(c2ccc(NC(C#N)=C(C#N)C#N)cc2)CC1. The first-order chi connectivity index (χ1) is 12.5. The standard InChI is InChI=1S/C19H20N6O/c1-14(2)19(26)25-9-7-24(8-10-25)17-5-3-16(4-6-17)23-18(13-22)15(11-20)12-21/h3-6,14,23H,7-10H2,1-2H3. The molecule has 1 fully saturated rings. The molecule has 26 heavy (non-hydrogen) atoms. The van der Waals surface area contributed by atoms with Gasteiger partial charge in [0, 0.05) is 43.5 Å². The summed E-state index contributed by atoms with van der Waals surface area (Å²) in [5.41, 5.74) is 1.34. The molecule has 1 heterocycles. The molecule has 2 rings (SSSR count). The van der Waals surface area contributed by atoms with Crippen molar-refractivity contribution in [1.29, 1.82) is 15.8 Å². The van der Waals surface area contributed by atoms with Gasteiger partial charge in [-0.05, 0) is 24.3 Å². The quantitative estimate of drug-likeness (QED) is 0.836. The zero-order valence-electron chi connectivity index (χ0n) is 14.9. The summed E-state index contributed by atoms with van der Waals surface area (Å²) < 4.78 is 0. The number of carbonyl (C=O) groups excluding carboxylic acids is 1. The Balaban J connectivity index is 2.02. The van der Waals surface area contributed by atoms with Crippen LogP contribution in [-0.2, 0) is 4.79 Å². The fourth-order valence-corrected chi connectivity index (χ4v) is 2.73. The highest BCUT2D eigenvalue weighted by Crippen LogP contribution is 2.21. The molecule has 1 aliphatic heterocycles. The van der Waals surface area contributed by atoms with Gasteiger partial charge < -0.3 is 15.1 Å². The van der Waals surface area contributed by atoms with E-state index in [1.165, 1.54) is 0 Å². The molecule has 0 radical (unpaired) electrons. The third-order valence-electron chi connectivity index (χ3n) is 4.17. The predicted molar refractivity (Wildman–Crippen MR) is 97.6 cm³/mol. The normalized spacial score (nSPS) is 13.4. The van der Waals surface area contributed by atoms with Crippen molar-refractivity contribution in [2.75, 3.05) is 36.4 Å². The van der Waals surface area contributed by atoms with E-state index in [2.05, 4.69) is 10.2 Å². The number of nitriles is 3. The fraction of sp³-hybridized carbons (Fsp3) is 0.368. The molecule has 0 spiro atoms. The van der Waals surface area contributed by atoms with Crippen LogP contribution in [0, 0.1) is 39.9 Å². The van der Waals surface area contributed by atoms with Crippen LogP contribution in [0.5, 0.6) is 0 Å². The van der Waals surface area contributed by atoms with Crippen LogP contribution in [0.3, 0.4) is 0 Å². The van der Waals surface area contributed by atoms with Gasteiger partial charge in [0.05, 0.1) is 0 Å². The summed E-state index contributed by atoms with van der Waals surface area (Å²) in [5, 5.41) is 29.6. The van der Waals surface area contributed by atoms with Gasteiger partial charge in [0.15, 0.2) is 5.57 Å². The number of amides is 1. The van der Waals surface area contributed by atoms with E-state index < -0.39 is 0 Å². The number of hydrogen-bond acceptors (Lipinski definition) is 6. The lowest BCUT2D eigenvalue weighted by Gasteiger charge is -2.37. The topological polar surface area (TPSA) is 107 Å². The van der Waals surface area contributed by atoms with Crippen molar-refractivity contribution in [2.24, 2.45) is 5.92 Å². The van der Waals surface area contributed by atoms with Crippen molar-refractivity contribution in [3.63, 3.8) is 0 Å². The van der Waals surface area contributed by atoms with Crippen LogP contribution in [0.25, 0.3) is 0 Å². The fourth-order valence-electron chi connectivity index (χ4n) is 2.73. The molecule has 0 aliphatic carbocycles. The Morgan fingerprint density at radius 3 is 2.04 bits per heavy atom. The molecule has 0 unspecified atom stereocenters. The van der Waals surface area contributed by atoms with Gasteiger partial charge in [-0.1, -0.05) is 13.8 Å². The number of nitrogens with zero attached hydrogens (tertiary/aromatic N) is 5. The maximum Gasteiger partial charge on any atom is 0.225 e. The number of anilines is 2. The smallest absolute Gasteiger partial charge is 0.225 e. The van der Waals surface area contributed by atoms with Crippen LogP contribution < -0.4 is 10.2 Å². The Morgan fingerprint density at radius 2 is 1.58 bits per heavy atom. The first-order valence-corrected chi connectivity index (χ1v) is 8.35.